The van der Waals surface area contributed by atoms with Gasteiger partial charge in [0.25, 0.3) is 0 Å². The highest BCUT2D eigenvalue weighted by Gasteiger charge is 2.38. The van der Waals surface area contributed by atoms with Gasteiger partial charge in [0, 0.05) is 23.8 Å². The van der Waals surface area contributed by atoms with Crippen LogP contribution < -0.4 is 14.2 Å². The number of hydrogen-bond donors (Lipinski definition) is 1. The molecule has 13 heteroatoms. The van der Waals surface area contributed by atoms with Gasteiger partial charge in [0.15, 0.2) is 17.4 Å². The van der Waals surface area contributed by atoms with E-state index in [-0.39, 0.29) is 60.8 Å². The summed E-state index contributed by atoms with van der Waals surface area (Å²) in [6.45, 7) is -0.0969. The van der Waals surface area contributed by atoms with Gasteiger partial charge in [-0.3, -0.25) is 4.79 Å². The second kappa shape index (κ2) is 11.7. The first-order valence-electron chi connectivity index (χ1n) is 13.4. The van der Waals surface area contributed by atoms with E-state index in [2.05, 4.69) is 0 Å². The van der Waals surface area contributed by atoms with E-state index in [9.17, 15) is 35.2 Å². The molecule has 0 amide bonds. The van der Waals surface area contributed by atoms with E-state index in [4.69, 9.17) is 19.3 Å². The number of ether oxygens (including phenoxy) is 3. The summed E-state index contributed by atoms with van der Waals surface area (Å²) in [5, 5.41) is 9.11. The predicted octanol–water partition coefficient (Wildman–Crippen LogP) is 6.48. The molecule has 5 rings (SSSR count). The Morgan fingerprint density at radius 2 is 1.77 bits per heavy atom. The van der Waals surface area contributed by atoms with E-state index in [0.29, 0.717) is 23.5 Å². The minimum Gasteiger partial charge on any atom is -0.492 e. The summed E-state index contributed by atoms with van der Waals surface area (Å²) in [4.78, 5) is 11.1. The molecule has 0 fully saturated rings. The van der Waals surface area contributed by atoms with Crippen LogP contribution in [-0.4, -0.2) is 44.7 Å². The van der Waals surface area contributed by atoms with Gasteiger partial charge in [0.2, 0.25) is 0 Å². The molecule has 0 saturated heterocycles. The van der Waals surface area contributed by atoms with Crippen LogP contribution in [0.3, 0.4) is 0 Å². The van der Waals surface area contributed by atoms with Crippen LogP contribution in [0.5, 0.6) is 17.2 Å². The van der Waals surface area contributed by atoms with Gasteiger partial charge in [0.1, 0.15) is 27.4 Å². The molecule has 2 aliphatic rings. The number of alkyl halides is 3. The fraction of sp³-hybridized carbons (Fsp3) is 0.367. The van der Waals surface area contributed by atoms with Gasteiger partial charge in [-0.25, -0.2) is 17.2 Å². The Bertz CT molecular complexity index is 1650. The van der Waals surface area contributed by atoms with Gasteiger partial charge in [0.05, 0.1) is 31.0 Å². The van der Waals surface area contributed by atoms with Crippen molar-refractivity contribution in [1.29, 1.82) is 0 Å². The van der Waals surface area contributed by atoms with E-state index in [1.165, 1.54) is 6.07 Å². The monoisotopic (exact) mass is 626 g/mol. The molecule has 1 aliphatic carbocycles. The maximum Gasteiger partial charge on any atom is 0.417 e. The van der Waals surface area contributed by atoms with E-state index in [0.717, 1.165) is 30.0 Å². The highest BCUT2D eigenvalue weighted by Crippen LogP contribution is 2.47. The average molecular weight is 627 g/mol. The Kier molecular flexibility index (Phi) is 8.30. The summed E-state index contributed by atoms with van der Waals surface area (Å²) >= 11 is 0. The molecule has 3 aromatic rings. The highest BCUT2D eigenvalue weighted by molar-refractivity contribution is 7.90. The van der Waals surface area contributed by atoms with Crippen LogP contribution in [0.1, 0.15) is 53.5 Å². The van der Waals surface area contributed by atoms with Crippen LogP contribution in [0.2, 0.25) is 0 Å². The lowest BCUT2D eigenvalue weighted by molar-refractivity contribution is -0.138. The van der Waals surface area contributed by atoms with Crippen molar-refractivity contribution in [3.05, 3.63) is 76.4 Å². The summed E-state index contributed by atoms with van der Waals surface area (Å²) in [7, 11) is -3.31. The number of benzene rings is 3. The Morgan fingerprint density at radius 3 is 2.42 bits per heavy atom. The Balaban J connectivity index is 1.43. The van der Waals surface area contributed by atoms with Crippen molar-refractivity contribution in [1.82, 2.24) is 0 Å². The number of halogens is 5. The average Bonchev–Trinajstić information content (AvgIpc) is 3.49. The van der Waals surface area contributed by atoms with Gasteiger partial charge in [-0.1, -0.05) is 12.1 Å². The minimum atomic E-state index is -4.82. The second-order valence-corrected chi connectivity index (χ2v) is 12.9. The summed E-state index contributed by atoms with van der Waals surface area (Å²) in [6.07, 6.45) is -4.13. The minimum absolute atomic E-state index is 0.0233. The van der Waals surface area contributed by atoms with Gasteiger partial charge < -0.3 is 19.3 Å². The van der Waals surface area contributed by atoms with Crippen LogP contribution in [0, 0.1) is 11.6 Å². The molecule has 0 saturated carbocycles. The third-order valence-electron chi connectivity index (χ3n) is 7.42. The molecule has 0 bridgehead atoms. The van der Waals surface area contributed by atoms with E-state index in [1.54, 1.807) is 18.2 Å². The molecular formula is C30H27F5O7S. The Hall–Kier alpha value is -3.87. The number of hydrogen-bond acceptors (Lipinski definition) is 6. The SMILES string of the molecule is CS(=O)(=O)CCCOc1c(F)cc(-c2c(C(F)(F)F)ccc3c2CCC3Oc2ccc3c(c2)OC[C@H]3CC(=O)O)cc1F. The lowest BCUT2D eigenvalue weighted by atomic mass is 9.91. The van der Waals surface area contributed by atoms with Gasteiger partial charge >= 0.3 is 12.1 Å². The predicted molar refractivity (Wildman–Crippen MR) is 145 cm³/mol. The maximum atomic E-state index is 15.0. The first-order chi connectivity index (χ1) is 20.2. The molecule has 1 N–H and O–H groups in total. The van der Waals surface area contributed by atoms with E-state index < -0.39 is 51.0 Å². The van der Waals surface area contributed by atoms with Crippen molar-refractivity contribution >= 4 is 15.8 Å². The first-order valence-corrected chi connectivity index (χ1v) is 15.5. The van der Waals surface area contributed by atoms with Crippen LogP contribution in [0.15, 0.2) is 42.5 Å². The summed E-state index contributed by atoms with van der Waals surface area (Å²) < 4.78 is 112. The molecule has 0 aromatic heterocycles. The van der Waals surface area contributed by atoms with Crippen molar-refractivity contribution in [2.75, 3.05) is 25.2 Å². The van der Waals surface area contributed by atoms with Crippen LogP contribution in [-0.2, 0) is 27.2 Å². The molecular weight excluding hydrogens is 599 g/mol. The van der Waals surface area contributed by atoms with Crippen molar-refractivity contribution in [2.24, 2.45) is 0 Å². The molecule has 0 spiro atoms. The first kappa shape index (κ1) is 30.6. The normalized spacial score (nSPS) is 17.7. The molecule has 1 heterocycles. The Morgan fingerprint density at radius 1 is 1.07 bits per heavy atom. The number of sulfone groups is 1. The lowest BCUT2D eigenvalue weighted by Crippen LogP contribution is -2.11. The quantitative estimate of drug-likeness (QED) is 0.203. The smallest absolute Gasteiger partial charge is 0.417 e. The third kappa shape index (κ3) is 6.71. The maximum absolute atomic E-state index is 15.0. The second-order valence-electron chi connectivity index (χ2n) is 10.6. The number of carboxylic acids is 1. The lowest BCUT2D eigenvalue weighted by Gasteiger charge is -2.20. The molecule has 2 atom stereocenters. The number of rotatable bonds is 10. The number of aliphatic carboxylic acids is 1. The zero-order chi connectivity index (χ0) is 31.1. The highest BCUT2D eigenvalue weighted by atomic mass is 32.2. The number of fused-ring (bicyclic) bond motifs is 2. The van der Waals surface area contributed by atoms with Crippen molar-refractivity contribution < 1.29 is 54.5 Å². The largest absolute Gasteiger partial charge is 0.492 e. The van der Waals surface area contributed by atoms with Crippen molar-refractivity contribution in [3.8, 4) is 28.4 Å². The topological polar surface area (TPSA) is 99.1 Å². The number of carbonyl (C=O) groups is 1. The molecule has 0 radical (unpaired) electrons. The number of carboxylic acid groups (broad SMARTS) is 1. The van der Waals surface area contributed by atoms with Crippen LogP contribution in [0.4, 0.5) is 22.0 Å². The van der Waals surface area contributed by atoms with Gasteiger partial charge in [-0.2, -0.15) is 13.2 Å². The molecule has 43 heavy (non-hydrogen) atoms. The van der Waals surface area contributed by atoms with Gasteiger partial charge in [-0.15, -0.1) is 0 Å². The summed E-state index contributed by atoms with van der Waals surface area (Å²) in [6, 6.07) is 8.68. The molecule has 230 valence electrons. The third-order valence-corrected chi connectivity index (χ3v) is 8.45. The van der Waals surface area contributed by atoms with E-state index in [1.807, 2.05) is 0 Å². The fourth-order valence-corrected chi connectivity index (χ4v) is 6.21. The summed E-state index contributed by atoms with van der Waals surface area (Å²) in [5.74, 6) is -3.90. The standard InChI is InChI=1S/C30H27F5O7S/c1-43(38,39)10-2-9-40-29-23(31)11-16(12-24(29)32)28-21-6-8-25(20(21)5-7-22(28)30(33,34)35)42-18-3-4-19-17(13-27(36)37)15-41-26(19)14-18/h3-5,7,11-12,14,17,25H,2,6,8-10,13,15H2,1H3,(H,36,37)/t17-,25?/m1/s1. The zero-order valence-corrected chi connectivity index (χ0v) is 23.7. The van der Waals surface area contributed by atoms with Crippen molar-refractivity contribution in [2.45, 2.75) is 43.9 Å². The summed E-state index contributed by atoms with van der Waals surface area (Å²) in [5.41, 5.74) is -0.312. The van der Waals surface area contributed by atoms with E-state index >= 15 is 0 Å². The molecule has 3 aromatic carbocycles. The zero-order valence-electron chi connectivity index (χ0n) is 22.8. The van der Waals surface area contributed by atoms with Crippen LogP contribution in [0.25, 0.3) is 11.1 Å². The molecule has 1 unspecified atom stereocenters. The molecule has 7 nitrogen and oxygen atoms in total. The Labute approximate surface area is 244 Å². The molecule has 1 aliphatic heterocycles. The fourth-order valence-electron chi connectivity index (χ4n) is 5.57. The van der Waals surface area contributed by atoms with Crippen LogP contribution >= 0.6 is 0 Å². The van der Waals surface area contributed by atoms with Gasteiger partial charge in [-0.05, 0) is 65.8 Å². The van der Waals surface area contributed by atoms with Crippen molar-refractivity contribution in [3.63, 3.8) is 0 Å².